The Morgan fingerprint density at radius 3 is 2.83 bits per heavy atom. The highest BCUT2D eigenvalue weighted by Crippen LogP contribution is 2.31. The molecule has 1 heterocycles. The predicted molar refractivity (Wildman–Crippen MR) is 71.7 cm³/mol. The summed E-state index contributed by atoms with van der Waals surface area (Å²) >= 11 is 0. The zero-order valence-corrected chi connectivity index (χ0v) is 10.6. The Morgan fingerprint density at radius 2 is 2.22 bits per heavy atom. The molecule has 98 valence electrons. The van der Waals surface area contributed by atoms with Crippen molar-refractivity contribution in [3.05, 3.63) is 30.3 Å². The lowest BCUT2D eigenvalue weighted by molar-refractivity contribution is -0.145. The first kappa shape index (κ1) is 12.9. The summed E-state index contributed by atoms with van der Waals surface area (Å²) in [6.45, 7) is 3.54. The van der Waals surface area contributed by atoms with Crippen LogP contribution < -0.4 is 10.6 Å². The summed E-state index contributed by atoms with van der Waals surface area (Å²) < 4.78 is 0. The van der Waals surface area contributed by atoms with Crippen LogP contribution >= 0.6 is 0 Å². The molecule has 1 aromatic rings. The number of hydrogen-bond donors (Lipinski definition) is 3. The Balaban J connectivity index is 2.28. The van der Waals surface area contributed by atoms with Crippen molar-refractivity contribution in [3.8, 4) is 0 Å². The van der Waals surface area contributed by atoms with Crippen molar-refractivity contribution in [2.75, 3.05) is 18.4 Å². The van der Waals surface area contributed by atoms with Crippen molar-refractivity contribution in [1.29, 1.82) is 0 Å². The normalized spacial score (nSPS) is 27.7. The van der Waals surface area contributed by atoms with Gasteiger partial charge in [0.15, 0.2) is 0 Å². The maximum absolute atomic E-state index is 11.8. The zero-order chi connectivity index (χ0) is 13.0. The number of carboxylic acids is 1. The number of carbonyl (C=O) groups is 1. The van der Waals surface area contributed by atoms with Crippen molar-refractivity contribution >= 4 is 11.7 Å². The summed E-state index contributed by atoms with van der Waals surface area (Å²) in [7, 11) is 0. The van der Waals surface area contributed by atoms with Crippen molar-refractivity contribution in [1.82, 2.24) is 5.32 Å². The molecule has 1 aliphatic rings. The van der Waals surface area contributed by atoms with Gasteiger partial charge in [0.05, 0.1) is 0 Å². The van der Waals surface area contributed by atoms with E-state index in [4.69, 9.17) is 0 Å². The van der Waals surface area contributed by atoms with Crippen LogP contribution in [0.2, 0.25) is 0 Å². The van der Waals surface area contributed by atoms with Gasteiger partial charge in [0, 0.05) is 18.2 Å². The van der Waals surface area contributed by atoms with Crippen molar-refractivity contribution in [3.63, 3.8) is 0 Å². The number of rotatable bonds is 4. The third kappa shape index (κ3) is 2.34. The molecule has 1 aliphatic heterocycles. The average molecular weight is 248 g/mol. The van der Waals surface area contributed by atoms with Gasteiger partial charge in [-0.1, -0.05) is 25.1 Å². The largest absolute Gasteiger partial charge is 0.479 e. The van der Waals surface area contributed by atoms with Gasteiger partial charge in [-0.05, 0) is 31.5 Å². The van der Waals surface area contributed by atoms with Gasteiger partial charge in [0.2, 0.25) is 0 Å². The molecule has 4 heteroatoms. The summed E-state index contributed by atoms with van der Waals surface area (Å²) in [6, 6.07) is 9.59. The van der Waals surface area contributed by atoms with E-state index in [1.165, 1.54) is 0 Å². The number of para-hydroxylation sites is 1. The minimum Gasteiger partial charge on any atom is -0.479 e. The molecule has 1 aromatic carbocycles. The summed E-state index contributed by atoms with van der Waals surface area (Å²) in [5.41, 5.74) is 0.0294. The molecule has 4 nitrogen and oxygen atoms in total. The van der Waals surface area contributed by atoms with Crippen molar-refractivity contribution in [2.45, 2.75) is 25.3 Å². The first-order valence-electron chi connectivity index (χ1n) is 6.46. The van der Waals surface area contributed by atoms with Crippen LogP contribution in [0.1, 0.15) is 19.8 Å². The molecule has 18 heavy (non-hydrogen) atoms. The number of benzene rings is 1. The van der Waals surface area contributed by atoms with Gasteiger partial charge in [-0.25, -0.2) is 4.79 Å². The van der Waals surface area contributed by atoms with Gasteiger partial charge in [-0.15, -0.1) is 0 Å². The minimum atomic E-state index is -0.846. The van der Waals surface area contributed by atoms with Crippen LogP contribution in [-0.4, -0.2) is 29.7 Å². The first-order valence-corrected chi connectivity index (χ1v) is 6.46. The Bertz CT molecular complexity index is 408. The van der Waals surface area contributed by atoms with Gasteiger partial charge < -0.3 is 15.7 Å². The molecule has 0 spiro atoms. The number of aliphatic carboxylic acids is 1. The Hall–Kier alpha value is -1.55. The van der Waals surface area contributed by atoms with Gasteiger partial charge >= 0.3 is 5.97 Å². The van der Waals surface area contributed by atoms with E-state index in [-0.39, 0.29) is 5.92 Å². The molecular weight excluding hydrogens is 228 g/mol. The fraction of sp³-hybridized carbons (Fsp3) is 0.500. The summed E-state index contributed by atoms with van der Waals surface area (Å²) in [5, 5.41) is 16.2. The van der Waals surface area contributed by atoms with Crippen LogP contribution in [0.15, 0.2) is 30.3 Å². The fourth-order valence-corrected chi connectivity index (χ4v) is 2.71. The van der Waals surface area contributed by atoms with Crippen LogP contribution in [0.5, 0.6) is 0 Å². The smallest absolute Gasteiger partial charge is 0.329 e. The maximum atomic E-state index is 11.8. The lowest BCUT2D eigenvalue weighted by Gasteiger charge is -2.42. The van der Waals surface area contributed by atoms with E-state index in [1.807, 2.05) is 37.3 Å². The monoisotopic (exact) mass is 248 g/mol. The highest BCUT2D eigenvalue weighted by Gasteiger charge is 2.46. The van der Waals surface area contributed by atoms with E-state index >= 15 is 0 Å². The van der Waals surface area contributed by atoms with Gasteiger partial charge in [0.25, 0.3) is 0 Å². The predicted octanol–water partition coefficient (Wildman–Crippen LogP) is 1.94. The van der Waals surface area contributed by atoms with Gasteiger partial charge in [-0.2, -0.15) is 0 Å². The zero-order valence-electron chi connectivity index (χ0n) is 10.6. The van der Waals surface area contributed by atoms with Crippen LogP contribution in [0.4, 0.5) is 5.69 Å². The molecule has 2 atom stereocenters. The second-order valence-corrected chi connectivity index (χ2v) is 4.83. The molecule has 0 radical (unpaired) electrons. The highest BCUT2D eigenvalue weighted by atomic mass is 16.4. The molecule has 0 aliphatic carbocycles. The van der Waals surface area contributed by atoms with Gasteiger partial charge in [-0.3, -0.25) is 0 Å². The van der Waals surface area contributed by atoms with Crippen molar-refractivity contribution in [2.24, 2.45) is 5.92 Å². The topological polar surface area (TPSA) is 61.4 Å². The Kier molecular flexibility index (Phi) is 3.87. The number of nitrogens with one attached hydrogen (secondary N) is 2. The maximum Gasteiger partial charge on any atom is 0.329 e. The lowest BCUT2D eigenvalue weighted by atomic mass is 9.76. The van der Waals surface area contributed by atoms with Crippen LogP contribution in [0, 0.1) is 5.92 Å². The molecule has 0 amide bonds. The van der Waals surface area contributed by atoms with E-state index < -0.39 is 11.5 Å². The molecule has 3 N–H and O–H groups in total. The fourth-order valence-electron chi connectivity index (χ4n) is 2.71. The third-order valence-corrected chi connectivity index (χ3v) is 3.80. The van der Waals surface area contributed by atoms with Crippen LogP contribution in [0.25, 0.3) is 0 Å². The second-order valence-electron chi connectivity index (χ2n) is 4.83. The van der Waals surface area contributed by atoms with Gasteiger partial charge in [0.1, 0.15) is 5.54 Å². The quantitative estimate of drug-likeness (QED) is 0.762. The molecule has 1 saturated heterocycles. The van der Waals surface area contributed by atoms with E-state index in [2.05, 4.69) is 10.6 Å². The Morgan fingerprint density at radius 1 is 1.50 bits per heavy atom. The molecule has 0 saturated carbocycles. The van der Waals surface area contributed by atoms with Crippen molar-refractivity contribution < 1.29 is 9.90 Å². The van der Waals surface area contributed by atoms with E-state index in [0.29, 0.717) is 6.42 Å². The third-order valence-electron chi connectivity index (χ3n) is 3.80. The average Bonchev–Trinajstić information content (AvgIpc) is 2.40. The number of hydrogen-bond acceptors (Lipinski definition) is 3. The highest BCUT2D eigenvalue weighted by molar-refractivity contribution is 5.83. The molecule has 2 unspecified atom stereocenters. The minimum absolute atomic E-state index is 0.101. The SMILES string of the molecule is CCC1CNCCC1(Nc1ccccc1)C(=O)O. The number of anilines is 1. The van der Waals surface area contributed by atoms with Crippen LogP contribution in [0.3, 0.4) is 0 Å². The standard InChI is InChI=1S/C14H20N2O2/c1-2-11-10-15-9-8-14(11,13(17)18)16-12-6-4-3-5-7-12/h3-7,11,15-16H,2,8-10H2,1H3,(H,17,18). The number of piperidine rings is 1. The molecule has 0 aromatic heterocycles. The summed E-state index contributed by atoms with van der Waals surface area (Å²) in [4.78, 5) is 11.8. The first-order chi connectivity index (χ1) is 8.69. The molecule has 0 bridgehead atoms. The molecule has 2 rings (SSSR count). The van der Waals surface area contributed by atoms with Crippen LogP contribution in [-0.2, 0) is 4.79 Å². The Labute approximate surface area is 107 Å². The van der Waals surface area contributed by atoms with E-state index in [9.17, 15) is 9.90 Å². The summed E-state index contributed by atoms with van der Waals surface area (Å²) in [5.74, 6) is -0.649. The lowest BCUT2D eigenvalue weighted by Crippen LogP contribution is -2.59. The van der Waals surface area contributed by atoms with E-state index in [0.717, 1.165) is 25.2 Å². The number of carboxylic acid groups (broad SMARTS) is 1. The molecular formula is C14H20N2O2. The van der Waals surface area contributed by atoms with E-state index in [1.54, 1.807) is 0 Å². The molecule has 1 fully saturated rings. The second kappa shape index (κ2) is 5.40. The summed E-state index contributed by atoms with van der Waals surface area (Å²) in [6.07, 6.45) is 1.45.